The first-order valence-electron chi connectivity index (χ1n) is 9.00. The molecule has 1 aliphatic heterocycles. The minimum atomic E-state index is 0.255. The van der Waals surface area contributed by atoms with Gasteiger partial charge in [0.15, 0.2) is 0 Å². The summed E-state index contributed by atoms with van der Waals surface area (Å²) in [4.78, 5) is 14.5. The highest BCUT2D eigenvalue weighted by Crippen LogP contribution is 2.17. The van der Waals surface area contributed by atoms with Crippen molar-refractivity contribution < 1.29 is 4.79 Å². The summed E-state index contributed by atoms with van der Waals surface area (Å²) in [5.74, 6) is 1.07. The summed E-state index contributed by atoms with van der Waals surface area (Å²) in [6, 6.07) is 0.450. The van der Waals surface area contributed by atoms with Crippen molar-refractivity contribution in [3.05, 3.63) is 0 Å². The van der Waals surface area contributed by atoms with Crippen molar-refractivity contribution in [3.8, 4) is 0 Å². The molecular weight excluding hydrogens is 262 g/mol. The van der Waals surface area contributed by atoms with Gasteiger partial charge >= 0.3 is 0 Å². The van der Waals surface area contributed by atoms with E-state index >= 15 is 0 Å². The van der Waals surface area contributed by atoms with E-state index < -0.39 is 0 Å². The molecule has 0 bridgehead atoms. The highest BCUT2D eigenvalue weighted by molar-refractivity contribution is 5.76. The minimum absolute atomic E-state index is 0.255. The zero-order valence-electron chi connectivity index (χ0n) is 13.7. The van der Waals surface area contributed by atoms with Gasteiger partial charge in [-0.2, -0.15) is 0 Å². The Balaban J connectivity index is 1.63. The monoisotopic (exact) mass is 295 g/mol. The van der Waals surface area contributed by atoms with Crippen LogP contribution in [0.25, 0.3) is 0 Å². The summed E-state index contributed by atoms with van der Waals surface area (Å²) in [7, 11) is 0. The third kappa shape index (κ3) is 6.35. The molecule has 0 aromatic carbocycles. The normalized spacial score (nSPS) is 21.6. The Labute approximate surface area is 130 Å². The molecule has 122 valence electrons. The summed E-state index contributed by atoms with van der Waals surface area (Å²) >= 11 is 0. The Bertz CT molecular complexity index is 296. The third-order valence-corrected chi connectivity index (χ3v) is 5.05. The first-order valence-corrected chi connectivity index (χ1v) is 9.00. The van der Waals surface area contributed by atoms with Gasteiger partial charge in [0.2, 0.25) is 5.91 Å². The van der Waals surface area contributed by atoms with Gasteiger partial charge < -0.3 is 15.5 Å². The molecule has 1 saturated carbocycles. The van der Waals surface area contributed by atoms with E-state index in [-0.39, 0.29) is 5.91 Å². The van der Waals surface area contributed by atoms with Crippen LogP contribution in [0.15, 0.2) is 0 Å². The lowest BCUT2D eigenvalue weighted by molar-refractivity contribution is -0.122. The van der Waals surface area contributed by atoms with Crippen molar-refractivity contribution in [2.75, 3.05) is 32.7 Å². The number of rotatable bonds is 7. The van der Waals surface area contributed by atoms with Crippen LogP contribution in [-0.2, 0) is 4.79 Å². The van der Waals surface area contributed by atoms with Gasteiger partial charge in [0, 0.05) is 25.6 Å². The lowest BCUT2D eigenvalue weighted by atomic mass is 9.95. The number of hydrogen-bond donors (Lipinski definition) is 2. The second kappa shape index (κ2) is 9.42. The summed E-state index contributed by atoms with van der Waals surface area (Å²) in [6.07, 6.45) is 9.48. The maximum atomic E-state index is 12.1. The van der Waals surface area contributed by atoms with Crippen LogP contribution in [-0.4, -0.2) is 49.6 Å². The van der Waals surface area contributed by atoms with E-state index in [9.17, 15) is 4.79 Å². The first-order chi connectivity index (χ1) is 10.3. The maximum absolute atomic E-state index is 12.1. The van der Waals surface area contributed by atoms with E-state index in [0.717, 1.165) is 38.6 Å². The topological polar surface area (TPSA) is 44.4 Å². The van der Waals surface area contributed by atoms with Gasteiger partial charge in [-0.05, 0) is 51.2 Å². The Morgan fingerprint density at radius 1 is 1.14 bits per heavy atom. The van der Waals surface area contributed by atoms with Gasteiger partial charge in [0.1, 0.15) is 0 Å². The Morgan fingerprint density at radius 2 is 1.86 bits per heavy atom. The molecule has 2 rings (SSSR count). The Hall–Kier alpha value is -0.610. The van der Waals surface area contributed by atoms with Crippen molar-refractivity contribution in [2.24, 2.45) is 5.92 Å². The fraction of sp³-hybridized carbons (Fsp3) is 0.941. The number of nitrogens with zero attached hydrogens (tertiary/aromatic N) is 1. The van der Waals surface area contributed by atoms with Crippen LogP contribution in [0, 0.1) is 5.92 Å². The number of carbonyl (C=O) groups excluding carboxylic acids is 1. The van der Waals surface area contributed by atoms with E-state index in [4.69, 9.17) is 0 Å². The molecule has 1 heterocycles. The molecule has 21 heavy (non-hydrogen) atoms. The molecule has 4 nitrogen and oxygen atoms in total. The predicted octanol–water partition coefficient (Wildman–Crippen LogP) is 2.15. The van der Waals surface area contributed by atoms with E-state index in [1.807, 2.05) is 0 Å². The average molecular weight is 295 g/mol. The number of carbonyl (C=O) groups is 1. The van der Waals surface area contributed by atoms with Crippen molar-refractivity contribution in [1.82, 2.24) is 15.5 Å². The van der Waals surface area contributed by atoms with E-state index in [0.29, 0.717) is 12.5 Å². The van der Waals surface area contributed by atoms with Crippen LogP contribution in [0.3, 0.4) is 0 Å². The van der Waals surface area contributed by atoms with Crippen LogP contribution in [0.2, 0.25) is 0 Å². The molecule has 1 aliphatic carbocycles. The van der Waals surface area contributed by atoms with Gasteiger partial charge in [0.05, 0.1) is 0 Å². The molecular formula is C17H33N3O. The van der Waals surface area contributed by atoms with E-state index in [2.05, 4.69) is 22.5 Å². The largest absolute Gasteiger partial charge is 0.353 e. The van der Waals surface area contributed by atoms with E-state index in [1.54, 1.807) is 0 Å². The van der Waals surface area contributed by atoms with Crippen LogP contribution in [0.5, 0.6) is 0 Å². The van der Waals surface area contributed by atoms with Gasteiger partial charge in [-0.3, -0.25) is 4.79 Å². The zero-order chi connectivity index (χ0) is 14.9. The highest BCUT2D eigenvalue weighted by Gasteiger charge is 2.18. The fourth-order valence-electron chi connectivity index (χ4n) is 3.61. The molecule has 0 atom stereocenters. The molecule has 1 saturated heterocycles. The zero-order valence-corrected chi connectivity index (χ0v) is 13.7. The molecule has 2 aliphatic rings. The Morgan fingerprint density at radius 3 is 2.52 bits per heavy atom. The molecule has 1 amide bonds. The molecule has 2 N–H and O–H groups in total. The van der Waals surface area contributed by atoms with Crippen LogP contribution in [0.4, 0.5) is 0 Å². The standard InChI is InChI=1S/C17H33N3O/c1-2-20(14-15-8-11-18-12-9-15)13-10-17(21)19-16-6-4-3-5-7-16/h15-16,18H,2-14H2,1H3,(H,19,21). The second-order valence-electron chi connectivity index (χ2n) is 6.74. The SMILES string of the molecule is CCN(CCC(=O)NC1CCCCC1)CC1CCNCC1. The molecule has 4 heteroatoms. The molecule has 0 aromatic rings. The van der Waals surface area contributed by atoms with Crippen molar-refractivity contribution in [2.45, 2.75) is 64.3 Å². The fourth-order valence-corrected chi connectivity index (χ4v) is 3.61. The first kappa shape index (κ1) is 16.8. The maximum Gasteiger partial charge on any atom is 0.221 e. The number of hydrogen-bond acceptors (Lipinski definition) is 3. The van der Waals surface area contributed by atoms with Crippen molar-refractivity contribution in [1.29, 1.82) is 0 Å². The van der Waals surface area contributed by atoms with Crippen molar-refractivity contribution in [3.63, 3.8) is 0 Å². The van der Waals surface area contributed by atoms with Crippen LogP contribution >= 0.6 is 0 Å². The van der Waals surface area contributed by atoms with Gasteiger partial charge in [-0.15, -0.1) is 0 Å². The van der Waals surface area contributed by atoms with Gasteiger partial charge in [-0.25, -0.2) is 0 Å². The molecule has 0 spiro atoms. The van der Waals surface area contributed by atoms with Crippen LogP contribution in [0.1, 0.15) is 58.3 Å². The van der Waals surface area contributed by atoms with Gasteiger partial charge in [-0.1, -0.05) is 26.2 Å². The summed E-state index contributed by atoms with van der Waals surface area (Å²) in [5.41, 5.74) is 0. The molecule has 2 fully saturated rings. The van der Waals surface area contributed by atoms with Gasteiger partial charge in [0.25, 0.3) is 0 Å². The Kier molecular flexibility index (Phi) is 7.51. The number of amides is 1. The molecule has 0 radical (unpaired) electrons. The summed E-state index contributed by atoms with van der Waals surface area (Å²) in [6.45, 7) is 7.66. The average Bonchev–Trinajstić information content (AvgIpc) is 2.53. The van der Waals surface area contributed by atoms with Crippen LogP contribution < -0.4 is 10.6 Å². The van der Waals surface area contributed by atoms with Crippen molar-refractivity contribution >= 4 is 5.91 Å². The smallest absolute Gasteiger partial charge is 0.221 e. The number of piperidine rings is 1. The highest BCUT2D eigenvalue weighted by atomic mass is 16.1. The predicted molar refractivity (Wildman–Crippen MR) is 87.3 cm³/mol. The quantitative estimate of drug-likeness (QED) is 0.756. The minimum Gasteiger partial charge on any atom is -0.353 e. The molecule has 0 aromatic heterocycles. The third-order valence-electron chi connectivity index (χ3n) is 5.05. The summed E-state index contributed by atoms with van der Waals surface area (Å²) < 4.78 is 0. The lowest BCUT2D eigenvalue weighted by Crippen LogP contribution is -2.40. The second-order valence-corrected chi connectivity index (χ2v) is 6.74. The number of nitrogens with one attached hydrogen (secondary N) is 2. The van der Waals surface area contributed by atoms with E-state index in [1.165, 1.54) is 44.9 Å². The lowest BCUT2D eigenvalue weighted by Gasteiger charge is -2.29. The summed E-state index contributed by atoms with van der Waals surface area (Å²) in [5, 5.41) is 6.65. The molecule has 0 unspecified atom stereocenters.